The zero-order chi connectivity index (χ0) is 19.9. The number of fused-ring (bicyclic) bond motifs is 1. The summed E-state index contributed by atoms with van der Waals surface area (Å²) >= 11 is 1.69. The molecule has 1 aliphatic rings. The molecule has 0 saturated heterocycles. The maximum atomic E-state index is 11.5. The van der Waals surface area contributed by atoms with Crippen molar-refractivity contribution < 1.29 is 9.53 Å². The van der Waals surface area contributed by atoms with E-state index in [0.29, 0.717) is 0 Å². The van der Waals surface area contributed by atoms with Crippen LogP contribution < -0.4 is 4.74 Å². The minimum absolute atomic E-state index is 0.0399. The van der Waals surface area contributed by atoms with E-state index in [9.17, 15) is 4.79 Å². The van der Waals surface area contributed by atoms with Crippen molar-refractivity contribution in [3.63, 3.8) is 0 Å². The largest absolute Gasteiger partial charge is 0.497 e. The van der Waals surface area contributed by atoms with Gasteiger partial charge in [0.05, 0.1) is 22.9 Å². The summed E-state index contributed by atoms with van der Waals surface area (Å²) in [5, 5.41) is 0. The van der Waals surface area contributed by atoms with Crippen LogP contribution in [0.5, 0.6) is 5.75 Å². The normalized spacial score (nSPS) is 19.1. The maximum absolute atomic E-state index is 11.5. The molecule has 4 rings (SSSR count). The second-order valence-electron chi connectivity index (χ2n) is 7.82. The van der Waals surface area contributed by atoms with Crippen LogP contribution in [0.25, 0.3) is 10.2 Å². The molecule has 4 heteroatoms. The molecular formula is C24H25NO2S. The lowest BCUT2D eigenvalue weighted by atomic mass is 9.75. The number of aryl methyl sites for hydroxylation is 2. The molecule has 1 aromatic carbocycles. The van der Waals surface area contributed by atoms with Crippen LogP contribution in [0.15, 0.2) is 54.3 Å². The molecule has 0 saturated carbocycles. The third kappa shape index (κ3) is 3.22. The van der Waals surface area contributed by atoms with Crippen LogP contribution in [0.4, 0.5) is 0 Å². The van der Waals surface area contributed by atoms with Gasteiger partial charge in [0, 0.05) is 23.0 Å². The average Bonchev–Trinajstić information content (AvgIpc) is 3.21. The molecule has 0 radical (unpaired) electrons. The first-order chi connectivity index (χ1) is 13.4. The number of benzene rings is 1. The predicted octanol–water partition coefficient (Wildman–Crippen LogP) is 5.98. The Bertz CT molecular complexity index is 1120. The van der Waals surface area contributed by atoms with Gasteiger partial charge in [-0.2, -0.15) is 0 Å². The van der Waals surface area contributed by atoms with Gasteiger partial charge in [-0.05, 0) is 55.2 Å². The Balaban J connectivity index is 1.59. The lowest BCUT2D eigenvalue weighted by Crippen LogP contribution is -2.21. The number of hydrogen-bond acceptors (Lipinski definition) is 3. The molecule has 2 aromatic heterocycles. The summed E-state index contributed by atoms with van der Waals surface area (Å²) in [5.74, 6) is 0.906. The Hall–Kier alpha value is -2.59. The molecule has 144 valence electrons. The zero-order valence-corrected chi connectivity index (χ0v) is 17.6. The van der Waals surface area contributed by atoms with Gasteiger partial charge in [0.1, 0.15) is 5.75 Å². The van der Waals surface area contributed by atoms with Gasteiger partial charge in [0.25, 0.3) is 0 Å². The number of aromatic nitrogens is 1. The van der Waals surface area contributed by atoms with E-state index in [-0.39, 0.29) is 5.41 Å². The van der Waals surface area contributed by atoms with E-state index in [1.54, 1.807) is 18.4 Å². The van der Waals surface area contributed by atoms with E-state index in [4.69, 9.17) is 4.74 Å². The van der Waals surface area contributed by atoms with Gasteiger partial charge in [-0.25, -0.2) is 0 Å². The smallest absolute Gasteiger partial charge is 0.153 e. The standard InChI is InChI=1S/C24H25NO2S/c1-16-11-19(13-20(12-16)27-4)24(3)8-5-18(6-9-24)14-25-10-7-22-23(25)21(15-26)17(2)28-22/h5-8,10-13,15H,9,14H2,1-4H3. The predicted molar refractivity (Wildman–Crippen MR) is 117 cm³/mol. The number of ether oxygens (including phenoxy) is 1. The third-order valence-electron chi connectivity index (χ3n) is 5.69. The Labute approximate surface area is 169 Å². The first-order valence-corrected chi connectivity index (χ1v) is 10.3. The van der Waals surface area contributed by atoms with Gasteiger partial charge in [0.15, 0.2) is 6.29 Å². The highest BCUT2D eigenvalue weighted by molar-refractivity contribution is 7.19. The highest BCUT2D eigenvalue weighted by Crippen LogP contribution is 2.37. The van der Waals surface area contributed by atoms with Gasteiger partial charge in [-0.3, -0.25) is 4.79 Å². The molecule has 0 N–H and O–H groups in total. The average molecular weight is 392 g/mol. The van der Waals surface area contributed by atoms with Crippen molar-refractivity contribution >= 4 is 27.8 Å². The minimum Gasteiger partial charge on any atom is -0.497 e. The molecule has 28 heavy (non-hydrogen) atoms. The first-order valence-electron chi connectivity index (χ1n) is 9.51. The number of carbonyl (C=O) groups is 1. The molecule has 2 heterocycles. The molecular weight excluding hydrogens is 366 g/mol. The van der Waals surface area contributed by atoms with Crippen molar-refractivity contribution in [3.8, 4) is 5.75 Å². The highest BCUT2D eigenvalue weighted by atomic mass is 32.1. The Morgan fingerprint density at radius 3 is 2.79 bits per heavy atom. The van der Waals surface area contributed by atoms with Gasteiger partial charge >= 0.3 is 0 Å². The highest BCUT2D eigenvalue weighted by Gasteiger charge is 2.26. The fourth-order valence-electron chi connectivity index (χ4n) is 3.97. The number of carbonyl (C=O) groups excluding carboxylic acids is 1. The third-order valence-corrected chi connectivity index (χ3v) is 6.77. The van der Waals surface area contributed by atoms with E-state index in [1.165, 1.54) is 21.4 Å². The van der Waals surface area contributed by atoms with E-state index < -0.39 is 0 Å². The van der Waals surface area contributed by atoms with E-state index >= 15 is 0 Å². The topological polar surface area (TPSA) is 31.2 Å². The summed E-state index contributed by atoms with van der Waals surface area (Å²) < 4.78 is 8.83. The molecule has 1 aliphatic carbocycles. The molecule has 0 fully saturated rings. The Kier molecular flexibility index (Phi) is 4.76. The summed E-state index contributed by atoms with van der Waals surface area (Å²) in [5.41, 5.74) is 5.60. The molecule has 0 spiro atoms. The van der Waals surface area contributed by atoms with E-state index in [2.05, 4.69) is 67.1 Å². The molecule has 3 nitrogen and oxygen atoms in total. The monoisotopic (exact) mass is 391 g/mol. The van der Waals surface area contributed by atoms with Crippen molar-refractivity contribution in [2.24, 2.45) is 0 Å². The van der Waals surface area contributed by atoms with E-state index in [1.807, 2.05) is 6.92 Å². The number of aldehydes is 1. The second-order valence-corrected chi connectivity index (χ2v) is 9.08. The molecule has 3 aromatic rings. The van der Waals surface area contributed by atoms with Crippen molar-refractivity contribution in [3.05, 3.63) is 75.8 Å². The minimum atomic E-state index is -0.0399. The van der Waals surface area contributed by atoms with Crippen LogP contribution in [0, 0.1) is 13.8 Å². The molecule has 0 bridgehead atoms. The van der Waals surface area contributed by atoms with Crippen molar-refractivity contribution in [2.75, 3.05) is 7.11 Å². The fraction of sp³-hybridized carbons (Fsp3) is 0.292. The molecule has 0 aliphatic heterocycles. The first kappa shape index (κ1) is 18.8. The van der Waals surface area contributed by atoms with Crippen LogP contribution in [0.2, 0.25) is 0 Å². The van der Waals surface area contributed by atoms with E-state index in [0.717, 1.165) is 41.0 Å². The summed E-state index contributed by atoms with van der Waals surface area (Å²) in [7, 11) is 1.72. The van der Waals surface area contributed by atoms with Gasteiger partial charge in [-0.1, -0.05) is 31.2 Å². The fourth-order valence-corrected chi connectivity index (χ4v) is 5.01. The SMILES string of the molecule is COc1cc(C)cc(C2(C)C=CC(Cn3ccc4sc(C)c(C=O)c43)=CC2)c1. The molecule has 1 unspecified atom stereocenters. The van der Waals surface area contributed by atoms with Crippen LogP contribution in [0.1, 0.15) is 39.7 Å². The maximum Gasteiger partial charge on any atom is 0.153 e. The number of nitrogens with zero attached hydrogens (tertiary/aromatic N) is 1. The second kappa shape index (κ2) is 7.10. The van der Waals surface area contributed by atoms with Crippen molar-refractivity contribution in [1.29, 1.82) is 0 Å². The number of allylic oxidation sites excluding steroid dienone is 4. The number of rotatable bonds is 5. The summed E-state index contributed by atoms with van der Waals surface area (Å²) in [6.07, 6.45) is 10.9. The molecule has 0 amide bonds. The van der Waals surface area contributed by atoms with Crippen LogP contribution in [-0.4, -0.2) is 18.0 Å². The lowest BCUT2D eigenvalue weighted by molar-refractivity contribution is 0.112. The van der Waals surface area contributed by atoms with Crippen molar-refractivity contribution in [1.82, 2.24) is 4.57 Å². The van der Waals surface area contributed by atoms with Gasteiger partial charge in [0.2, 0.25) is 0 Å². The molecule has 1 atom stereocenters. The zero-order valence-electron chi connectivity index (χ0n) is 16.8. The van der Waals surface area contributed by atoms with Crippen LogP contribution in [-0.2, 0) is 12.0 Å². The van der Waals surface area contributed by atoms with Crippen LogP contribution in [0.3, 0.4) is 0 Å². The summed E-state index contributed by atoms with van der Waals surface area (Å²) in [6, 6.07) is 8.55. The summed E-state index contributed by atoms with van der Waals surface area (Å²) in [6.45, 7) is 7.17. The van der Waals surface area contributed by atoms with Gasteiger partial charge < -0.3 is 9.30 Å². The number of thiophene rings is 1. The number of hydrogen-bond donors (Lipinski definition) is 0. The quantitative estimate of drug-likeness (QED) is 0.501. The van der Waals surface area contributed by atoms with Gasteiger partial charge in [-0.15, -0.1) is 11.3 Å². The summed E-state index contributed by atoms with van der Waals surface area (Å²) in [4.78, 5) is 12.6. The lowest BCUT2D eigenvalue weighted by Gasteiger charge is -2.29. The van der Waals surface area contributed by atoms with Crippen LogP contribution >= 0.6 is 11.3 Å². The Morgan fingerprint density at radius 1 is 1.29 bits per heavy atom. The van der Waals surface area contributed by atoms with Crippen molar-refractivity contribution in [2.45, 2.75) is 39.2 Å². The Morgan fingerprint density at radius 2 is 2.11 bits per heavy atom. The number of methoxy groups -OCH3 is 1.